The van der Waals surface area contributed by atoms with Crippen LogP contribution in [0.2, 0.25) is 0 Å². The number of carbonyl (C=O) groups is 1. The van der Waals surface area contributed by atoms with Crippen molar-refractivity contribution in [1.29, 1.82) is 0 Å². The average molecular weight is 309 g/mol. The standard InChI is InChI=1S/C21H27NO/c1-20(2,3)18-12-16(22-15-10-8-7-9-11-15)13-19(17(18)14-23)21(4,5)6/h7-14,17H,1-6H3. The molecule has 23 heavy (non-hydrogen) atoms. The number of benzene rings is 1. The predicted molar refractivity (Wildman–Crippen MR) is 98.2 cm³/mol. The van der Waals surface area contributed by atoms with Crippen molar-refractivity contribution in [1.82, 2.24) is 0 Å². The van der Waals surface area contributed by atoms with E-state index in [0.29, 0.717) is 0 Å². The van der Waals surface area contributed by atoms with Crippen molar-refractivity contribution in [3.63, 3.8) is 0 Å². The Morgan fingerprint density at radius 2 is 1.35 bits per heavy atom. The van der Waals surface area contributed by atoms with Gasteiger partial charge in [-0.2, -0.15) is 0 Å². The van der Waals surface area contributed by atoms with E-state index >= 15 is 0 Å². The molecule has 0 bridgehead atoms. The average Bonchev–Trinajstić information content (AvgIpc) is 2.45. The molecule has 122 valence electrons. The van der Waals surface area contributed by atoms with Gasteiger partial charge >= 0.3 is 0 Å². The number of aliphatic imine (C=N–C) groups is 1. The molecule has 0 spiro atoms. The Hall–Kier alpha value is -1.96. The van der Waals surface area contributed by atoms with Gasteiger partial charge < -0.3 is 4.79 Å². The molecule has 0 N–H and O–H groups in total. The summed E-state index contributed by atoms with van der Waals surface area (Å²) in [7, 11) is 0. The van der Waals surface area contributed by atoms with Gasteiger partial charge in [-0.15, -0.1) is 0 Å². The molecule has 0 saturated carbocycles. The van der Waals surface area contributed by atoms with Gasteiger partial charge in [-0.05, 0) is 46.3 Å². The van der Waals surface area contributed by atoms with E-state index in [0.717, 1.165) is 28.8 Å². The van der Waals surface area contributed by atoms with Crippen LogP contribution in [0.1, 0.15) is 41.5 Å². The lowest BCUT2D eigenvalue weighted by atomic mass is 9.67. The summed E-state index contributed by atoms with van der Waals surface area (Å²) < 4.78 is 0. The van der Waals surface area contributed by atoms with E-state index in [2.05, 4.69) is 53.7 Å². The highest BCUT2D eigenvalue weighted by molar-refractivity contribution is 6.08. The molecule has 0 unspecified atom stereocenters. The third-order valence-electron chi connectivity index (χ3n) is 4.16. The van der Waals surface area contributed by atoms with Crippen LogP contribution in [0.15, 0.2) is 58.6 Å². The van der Waals surface area contributed by atoms with Crippen molar-refractivity contribution >= 4 is 17.7 Å². The van der Waals surface area contributed by atoms with E-state index in [1.165, 1.54) is 0 Å². The second-order valence-electron chi connectivity index (χ2n) is 8.19. The molecule has 1 aromatic rings. The lowest BCUT2D eigenvalue weighted by molar-refractivity contribution is -0.109. The third-order valence-corrected chi connectivity index (χ3v) is 4.16. The summed E-state index contributed by atoms with van der Waals surface area (Å²) in [6.45, 7) is 12.9. The number of hydrogen-bond donors (Lipinski definition) is 0. The molecular weight excluding hydrogens is 282 g/mol. The Bertz CT molecular complexity index is 630. The molecule has 2 heteroatoms. The van der Waals surface area contributed by atoms with Crippen LogP contribution < -0.4 is 0 Å². The van der Waals surface area contributed by atoms with E-state index in [1.54, 1.807) is 0 Å². The van der Waals surface area contributed by atoms with Crippen molar-refractivity contribution < 1.29 is 4.79 Å². The van der Waals surface area contributed by atoms with Crippen molar-refractivity contribution in [3.8, 4) is 0 Å². The van der Waals surface area contributed by atoms with Gasteiger partial charge in [-0.3, -0.25) is 0 Å². The predicted octanol–water partition coefficient (Wildman–Crippen LogP) is 5.53. The minimum atomic E-state index is -0.162. The summed E-state index contributed by atoms with van der Waals surface area (Å²) in [5.41, 5.74) is 3.97. The number of nitrogens with zero attached hydrogens (tertiary/aromatic N) is 1. The van der Waals surface area contributed by atoms with Crippen LogP contribution in [0.3, 0.4) is 0 Å². The molecule has 0 atom stereocenters. The molecular formula is C21H27NO. The number of rotatable bonds is 2. The van der Waals surface area contributed by atoms with Crippen LogP contribution in [-0.2, 0) is 4.79 Å². The zero-order valence-corrected chi connectivity index (χ0v) is 15.1. The normalized spacial score (nSPS) is 19.0. The first kappa shape index (κ1) is 17.4. The topological polar surface area (TPSA) is 29.4 Å². The highest BCUT2D eigenvalue weighted by atomic mass is 16.1. The molecule has 1 aliphatic rings. The van der Waals surface area contributed by atoms with Crippen LogP contribution in [-0.4, -0.2) is 12.0 Å². The van der Waals surface area contributed by atoms with Crippen molar-refractivity contribution in [3.05, 3.63) is 53.6 Å². The summed E-state index contributed by atoms with van der Waals surface area (Å²) in [5.74, 6) is -0.162. The second kappa shape index (κ2) is 6.27. The molecule has 0 saturated heterocycles. The quantitative estimate of drug-likeness (QED) is 0.660. The van der Waals surface area contributed by atoms with Gasteiger partial charge in [-0.1, -0.05) is 59.7 Å². The van der Waals surface area contributed by atoms with Crippen LogP contribution in [0, 0.1) is 16.7 Å². The highest BCUT2D eigenvalue weighted by Crippen LogP contribution is 2.43. The molecule has 1 aromatic carbocycles. The Morgan fingerprint density at radius 3 is 1.74 bits per heavy atom. The van der Waals surface area contributed by atoms with E-state index < -0.39 is 0 Å². The first-order valence-corrected chi connectivity index (χ1v) is 8.16. The van der Waals surface area contributed by atoms with Gasteiger partial charge in [0.15, 0.2) is 0 Å². The highest BCUT2D eigenvalue weighted by Gasteiger charge is 2.35. The Labute approximate surface area is 140 Å². The van der Waals surface area contributed by atoms with Gasteiger partial charge in [-0.25, -0.2) is 4.99 Å². The molecule has 0 aliphatic heterocycles. The Balaban J connectivity index is 2.60. The van der Waals surface area contributed by atoms with Crippen LogP contribution in [0.25, 0.3) is 0 Å². The van der Waals surface area contributed by atoms with Gasteiger partial charge in [0.2, 0.25) is 0 Å². The molecule has 1 aliphatic carbocycles. The number of aldehydes is 1. The smallest absolute Gasteiger partial charge is 0.131 e. The largest absolute Gasteiger partial charge is 0.302 e. The molecule has 2 nitrogen and oxygen atoms in total. The number of hydrogen-bond acceptors (Lipinski definition) is 2. The van der Waals surface area contributed by atoms with Crippen LogP contribution in [0.4, 0.5) is 5.69 Å². The summed E-state index contributed by atoms with van der Waals surface area (Å²) in [6.07, 6.45) is 5.25. The number of para-hydroxylation sites is 1. The minimum absolute atomic E-state index is 0.0756. The fourth-order valence-corrected chi connectivity index (χ4v) is 2.94. The first-order valence-electron chi connectivity index (χ1n) is 8.16. The Kier molecular flexibility index (Phi) is 4.74. The van der Waals surface area contributed by atoms with Gasteiger partial charge in [0.25, 0.3) is 0 Å². The van der Waals surface area contributed by atoms with Crippen molar-refractivity contribution in [2.75, 3.05) is 0 Å². The lowest BCUT2D eigenvalue weighted by Crippen LogP contribution is -2.30. The minimum Gasteiger partial charge on any atom is -0.302 e. The monoisotopic (exact) mass is 309 g/mol. The fourth-order valence-electron chi connectivity index (χ4n) is 2.94. The van der Waals surface area contributed by atoms with E-state index in [1.807, 2.05) is 30.3 Å². The maximum atomic E-state index is 11.8. The molecule has 0 amide bonds. The molecule has 0 radical (unpaired) electrons. The zero-order valence-electron chi connectivity index (χ0n) is 15.1. The first-order chi connectivity index (χ1) is 10.6. The zero-order chi connectivity index (χ0) is 17.3. The van der Waals surface area contributed by atoms with E-state index in [9.17, 15) is 4.79 Å². The fraction of sp³-hybridized carbons (Fsp3) is 0.429. The van der Waals surface area contributed by atoms with E-state index in [4.69, 9.17) is 4.99 Å². The molecule has 2 rings (SSSR count). The SMILES string of the molecule is CC(C)(C)C1=CC(=Nc2ccccc2)C=C(C(C)(C)C)C1C=O. The van der Waals surface area contributed by atoms with Crippen LogP contribution >= 0.6 is 0 Å². The number of allylic oxidation sites excluding steroid dienone is 4. The molecule has 0 aromatic heterocycles. The van der Waals surface area contributed by atoms with Gasteiger partial charge in [0.1, 0.15) is 6.29 Å². The van der Waals surface area contributed by atoms with E-state index in [-0.39, 0.29) is 16.7 Å². The summed E-state index contributed by atoms with van der Waals surface area (Å²) in [6, 6.07) is 9.94. The molecule has 0 heterocycles. The van der Waals surface area contributed by atoms with Crippen LogP contribution in [0.5, 0.6) is 0 Å². The maximum absolute atomic E-state index is 11.8. The maximum Gasteiger partial charge on any atom is 0.131 e. The lowest BCUT2D eigenvalue weighted by Gasteiger charge is -2.37. The summed E-state index contributed by atoms with van der Waals surface area (Å²) in [4.78, 5) is 16.6. The van der Waals surface area contributed by atoms with Crippen molar-refractivity contribution in [2.45, 2.75) is 41.5 Å². The summed E-state index contributed by atoms with van der Waals surface area (Å²) in [5, 5.41) is 0. The molecule has 0 fully saturated rings. The third kappa shape index (κ3) is 4.07. The summed E-state index contributed by atoms with van der Waals surface area (Å²) >= 11 is 0. The number of carbonyl (C=O) groups excluding carboxylic acids is 1. The van der Waals surface area contributed by atoms with Crippen molar-refractivity contribution in [2.24, 2.45) is 21.7 Å². The second-order valence-corrected chi connectivity index (χ2v) is 8.19. The Morgan fingerprint density at radius 1 is 0.870 bits per heavy atom. The van der Waals surface area contributed by atoms with Gasteiger partial charge in [0, 0.05) is 0 Å². The van der Waals surface area contributed by atoms with Gasteiger partial charge in [0.05, 0.1) is 17.3 Å².